The Kier molecular flexibility index (Phi) is 8.65. The van der Waals surface area contributed by atoms with Gasteiger partial charge in [-0.2, -0.15) is 0 Å². The molecule has 33 heavy (non-hydrogen) atoms. The Morgan fingerprint density at radius 1 is 1.03 bits per heavy atom. The Morgan fingerprint density at radius 2 is 1.70 bits per heavy atom. The third kappa shape index (κ3) is 6.68. The normalized spacial score (nSPS) is 13.6. The molecule has 1 saturated heterocycles. The number of ether oxygens (including phenoxy) is 1. The fourth-order valence-electron chi connectivity index (χ4n) is 3.64. The average Bonchev–Trinajstić information content (AvgIpc) is 2.83. The zero-order valence-electron chi connectivity index (χ0n) is 19.5. The molecule has 2 N–H and O–H groups in total. The van der Waals surface area contributed by atoms with Crippen LogP contribution < -0.4 is 20.3 Å². The predicted molar refractivity (Wildman–Crippen MR) is 136 cm³/mol. The van der Waals surface area contributed by atoms with E-state index in [1.54, 1.807) is 24.3 Å². The van der Waals surface area contributed by atoms with Gasteiger partial charge in [0, 0.05) is 37.7 Å². The van der Waals surface area contributed by atoms with E-state index < -0.39 is 0 Å². The number of piperazine rings is 1. The molecule has 1 aliphatic rings. The number of carbonyl (C=O) groups excluding carboxylic acids is 2. The summed E-state index contributed by atoms with van der Waals surface area (Å²) < 4.78 is 5.56. The topological polar surface area (TPSA) is 73.9 Å². The van der Waals surface area contributed by atoms with Gasteiger partial charge in [0.1, 0.15) is 5.75 Å². The molecule has 1 aliphatic heterocycles. The summed E-state index contributed by atoms with van der Waals surface area (Å²) in [5.74, 6) is 0.646. The van der Waals surface area contributed by atoms with Crippen molar-refractivity contribution < 1.29 is 14.3 Å². The second-order valence-corrected chi connectivity index (χ2v) is 8.67. The van der Waals surface area contributed by atoms with Crippen molar-refractivity contribution in [2.24, 2.45) is 5.92 Å². The minimum absolute atomic E-state index is 0.00607. The van der Waals surface area contributed by atoms with Crippen LogP contribution in [0.25, 0.3) is 0 Å². The summed E-state index contributed by atoms with van der Waals surface area (Å²) in [6.07, 6.45) is 0.926. The molecule has 3 rings (SSSR count). The molecule has 0 atom stereocenters. The highest BCUT2D eigenvalue weighted by Crippen LogP contribution is 2.27. The minimum atomic E-state index is -0.284. The van der Waals surface area contributed by atoms with Crippen molar-refractivity contribution in [3.05, 3.63) is 54.1 Å². The molecule has 0 unspecified atom stereocenters. The van der Waals surface area contributed by atoms with Crippen molar-refractivity contribution in [1.29, 1.82) is 0 Å². The number of anilines is 2. The third-order valence-corrected chi connectivity index (χ3v) is 5.60. The first-order valence-electron chi connectivity index (χ1n) is 11.4. The van der Waals surface area contributed by atoms with E-state index in [1.807, 2.05) is 49.9 Å². The van der Waals surface area contributed by atoms with Gasteiger partial charge < -0.3 is 19.9 Å². The lowest BCUT2D eigenvalue weighted by Gasteiger charge is -2.37. The molecular weight excluding hydrogens is 436 g/mol. The predicted octanol–water partition coefficient (Wildman–Crippen LogP) is 3.91. The Labute approximate surface area is 201 Å². The van der Waals surface area contributed by atoms with Crippen LogP contribution in [0.3, 0.4) is 0 Å². The average molecular weight is 469 g/mol. The highest BCUT2D eigenvalue weighted by molar-refractivity contribution is 7.80. The van der Waals surface area contributed by atoms with Crippen LogP contribution in [0.5, 0.6) is 5.75 Å². The molecule has 0 spiro atoms. The van der Waals surface area contributed by atoms with Gasteiger partial charge >= 0.3 is 0 Å². The number of carbonyl (C=O) groups is 2. The van der Waals surface area contributed by atoms with Crippen molar-refractivity contribution in [3.63, 3.8) is 0 Å². The quantitative estimate of drug-likeness (QED) is 0.601. The second kappa shape index (κ2) is 11.7. The number of nitrogens with one attached hydrogen (secondary N) is 2. The third-order valence-electron chi connectivity index (χ3n) is 5.39. The smallest absolute Gasteiger partial charge is 0.257 e. The van der Waals surface area contributed by atoms with Crippen LogP contribution in [0.2, 0.25) is 0 Å². The van der Waals surface area contributed by atoms with Gasteiger partial charge in [-0.05, 0) is 55.0 Å². The van der Waals surface area contributed by atoms with Crippen LogP contribution in [-0.4, -0.2) is 54.6 Å². The van der Waals surface area contributed by atoms with Gasteiger partial charge in [0.15, 0.2) is 5.11 Å². The SMILES string of the molecule is CCCOc1ccc(C(=O)NC(=S)Nc2ccccc2N2CCN(C(=O)C(C)C)CC2)cc1. The monoisotopic (exact) mass is 468 g/mol. The summed E-state index contributed by atoms with van der Waals surface area (Å²) in [5, 5.41) is 6.12. The van der Waals surface area contributed by atoms with Crippen LogP contribution in [-0.2, 0) is 4.79 Å². The fourth-order valence-corrected chi connectivity index (χ4v) is 3.84. The van der Waals surface area contributed by atoms with Crippen LogP contribution >= 0.6 is 12.2 Å². The van der Waals surface area contributed by atoms with Crippen LogP contribution in [0.15, 0.2) is 48.5 Å². The molecule has 8 heteroatoms. The molecule has 7 nitrogen and oxygen atoms in total. The number of rotatable bonds is 7. The van der Waals surface area contributed by atoms with E-state index in [-0.39, 0.29) is 22.8 Å². The summed E-state index contributed by atoms with van der Waals surface area (Å²) in [7, 11) is 0. The number of thiocarbonyl (C=S) groups is 1. The highest BCUT2D eigenvalue weighted by Gasteiger charge is 2.24. The van der Waals surface area contributed by atoms with Gasteiger partial charge in [0.25, 0.3) is 5.91 Å². The molecule has 1 fully saturated rings. The van der Waals surface area contributed by atoms with E-state index in [9.17, 15) is 9.59 Å². The minimum Gasteiger partial charge on any atom is -0.494 e. The summed E-state index contributed by atoms with van der Waals surface area (Å²) in [4.78, 5) is 29.0. The molecular formula is C25H32N4O3S. The zero-order valence-corrected chi connectivity index (χ0v) is 20.3. The fraction of sp³-hybridized carbons (Fsp3) is 0.400. The first-order chi connectivity index (χ1) is 15.9. The molecule has 1 heterocycles. The van der Waals surface area contributed by atoms with Crippen molar-refractivity contribution in [2.75, 3.05) is 43.0 Å². The Balaban J connectivity index is 1.58. The number of para-hydroxylation sites is 2. The summed E-state index contributed by atoms with van der Waals surface area (Å²) >= 11 is 5.40. The zero-order chi connectivity index (χ0) is 23.8. The van der Waals surface area contributed by atoms with Crippen molar-refractivity contribution in [2.45, 2.75) is 27.2 Å². The van der Waals surface area contributed by atoms with Gasteiger partial charge in [-0.25, -0.2) is 0 Å². The maximum atomic E-state index is 12.6. The molecule has 0 saturated carbocycles. The summed E-state index contributed by atoms with van der Waals surface area (Å²) in [6, 6.07) is 14.8. The van der Waals surface area contributed by atoms with Gasteiger partial charge in [0.2, 0.25) is 5.91 Å². The number of nitrogens with zero attached hydrogens (tertiary/aromatic N) is 2. The highest BCUT2D eigenvalue weighted by atomic mass is 32.1. The number of amides is 2. The lowest BCUT2D eigenvalue weighted by Crippen LogP contribution is -2.50. The van der Waals surface area contributed by atoms with Gasteiger partial charge in [-0.1, -0.05) is 32.9 Å². The van der Waals surface area contributed by atoms with Crippen molar-refractivity contribution in [1.82, 2.24) is 10.2 Å². The van der Waals surface area contributed by atoms with Crippen molar-refractivity contribution in [3.8, 4) is 5.75 Å². The van der Waals surface area contributed by atoms with E-state index >= 15 is 0 Å². The van der Waals surface area contributed by atoms with Crippen molar-refractivity contribution >= 4 is 40.5 Å². The van der Waals surface area contributed by atoms with Gasteiger partial charge in [-0.3, -0.25) is 14.9 Å². The molecule has 0 bridgehead atoms. The molecule has 176 valence electrons. The second-order valence-electron chi connectivity index (χ2n) is 8.27. The number of hydrogen-bond donors (Lipinski definition) is 2. The lowest BCUT2D eigenvalue weighted by atomic mass is 10.1. The Bertz CT molecular complexity index is 970. The van der Waals surface area contributed by atoms with Gasteiger partial charge in [-0.15, -0.1) is 0 Å². The van der Waals surface area contributed by atoms with E-state index in [2.05, 4.69) is 15.5 Å². The van der Waals surface area contributed by atoms with E-state index in [4.69, 9.17) is 17.0 Å². The molecule has 2 aromatic rings. The van der Waals surface area contributed by atoms with Crippen LogP contribution in [0.1, 0.15) is 37.6 Å². The molecule has 2 aromatic carbocycles. The number of benzene rings is 2. The standard InChI is InChI=1S/C25H32N4O3S/c1-4-17-32-20-11-9-19(10-12-20)23(30)27-25(33)26-21-7-5-6-8-22(21)28-13-15-29(16-14-28)24(31)18(2)3/h5-12,18H,4,13-17H2,1-3H3,(H2,26,27,30,33). The maximum Gasteiger partial charge on any atom is 0.257 e. The van der Waals surface area contributed by atoms with E-state index in [0.717, 1.165) is 36.6 Å². The Morgan fingerprint density at radius 3 is 2.33 bits per heavy atom. The first-order valence-corrected chi connectivity index (χ1v) is 11.8. The summed E-state index contributed by atoms with van der Waals surface area (Å²) in [5.41, 5.74) is 2.31. The Hall–Kier alpha value is -3.13. The van der Waals surface area contributed by atoms with E-state index in [1.165, 1.54) is 0 Å². The van der Waals surface area contributed by atoms with Crippen LogP contribution in [0.4, 0.5) is 11.4 Å². The molecule has 0 aromatic heterocycles. The van der Waals surface area contributed by atoms with Crippen LogP contribution in [0, 0.1) is 5.92 Å². The summed E-state index contributed by atoms with van der Waals surface area (Å²) in [6.45, 7) is 9.39. The largest absolute Gasteiger partial charge is 0.494 e. The van der Waals surface area contributed by atoms with Gasteiger partial charge in [0.05, 0.1) is 18.0 Å². The lowest BCUT2D eigenvalue weighted by molar-refractivity contribution is -0.134. The molecule has 0 radical (unpaired) electrons. The number of hydrogen-bond acceptors (Lipinski definition) is 5. The maximum absolute atomic E-state index is 12.6. The molecule has 2 amide bonds. The van der Waals surface area contributed by atoms with E-state index in [0.29, 0.717) is 25.3 Å². The first kappa shape index (κ1) is 24.5. The molecule has 0 aliphatic carbocycles.